The van der Waals surface area contributed by atoms with Crippen molar-refractivity contribution in [2.24, 2.45) is 0 Å². The number of nitrogens with one attached hydrogen (secondary N) is 1. The number of methoxy groups -OCH3 is 1. The third kappa shape index (κ3) is 4.60. The summed E-state index contributed by atoms with van der Waals surface area (Å²) in [5.74, 6) is -0.855. The Labute approximate surface area is 144 Å². The molecule has 2 aromatic carbocycles. The average Bonchev–Trinajstić information content (AvgIpc) is 2.51. The van der Waals surface area contributed by atoms with Crippen molar-refractivity contribution in [1.82, 2.24) is 0 Å². The molecule has 0 atom stereocenters. The molecule has 0 saturated carbocycles. The first-order chi connectivity index (χ1) is 10.8. The Morgan fingerprint density at radius 3 is 2.17 bits per heavy atom. The molecule has 2 aromatic rings. The minimum atomic E-state index is -3.71. The van der Waals surface area contributed by atoms with E-state index in [2.05, 4.69) is 9.46 Å². The van der Waals surface area contributed by atoms with Crippen LogP contribution in [0.2, 0.25) is 10.0 Å². The number of anilines is 1. The van der Waals surface area contributed by atoms with Gasteiger partial charge in [-0.05, 0) is 36.4 Å². The molecule has 0 bridgehead atoms. The summed E-state index contributed by atoms with van der Waals surface area (Å²) >= 11 is 12.0. The van der Waals surface area contributed by atoms with Crippen molar-refractivity contribution >= 4 is 44.9 Å². The Morgan fingerprint density at radius 2 is 1.65 bits per heavy atom. The van der Waals surface area contributed by atoms with Crippen molar-refractivity contribution in [2.75, 3.05) is 11.8 Å². The van der Waals surface area contributed by atoms with E-state index in [9.17, 15) is 13.2 Å². The van der Waals surface area contributed by atoms with Gasteiger partial charge in [0.25, 0.3) is 0 Å². The zero-order valence-electron chi connectivity index (χ0n) is 12.0. The SMILES string of the molecule is COC(=O)c1ccc(NS(=O)(=O)Cc2c(Cl)cccc2Cl)cc1. The van der Waals surface area contributed by atoms with Crippen molar-refractivity contribution in [3.05, 3.63) is 63.6 Å². The van der Waals surface area contributed by atoms with Gasteiger partial charge in [0.15, 0.2) is 0 Å². The fourth-order valence-corrected chi connectivity index (χ4v) is 3.82. The summed E-state index contributed by atoms with van der Waals surface area (Å²) in [7, 11) is -2.44. The van der Waals surface area contributed by atoms with Crippen molar-refractivity contribution in [3.8, 4) is 0 Å². The van der Waals surface area contributed by atoms with Crippen LogP contribution < -0.4 is 4.72 Å². The van der Waals surface area contributed by atoms with Crippen LogP contribution in [0, 0.1) is 0 Å². The molecule has 0 unspecified atom stereocenters. The smallest absolute Gasteiger partial charge is 0.337 e. The summed E-state index contributed by atoms with van der Waals surface area (Å²) in [6.45, 7) is 0. The number of carbonyl (C=O) groups is 1. The second-order valence-corrected chi connectivity index (χ2v) is 7.17. The van der Waals surface area contributed by atoms with E-state index in [1.165, 1.54) is 31.4 Å². The fraction of sp³-hybridized carbons (Fsp3) is 0.133. The van der Waals surface area contributed by atoms with Crippen molar-refractivity contribution in [2.45, 2.75) is 5.75 Å². The molecule has 0 saturated heterocycles. The van der Waals surface area contributed by atoms with Gasteiger partial charge >= 0.3 is 5.97 Å². The molecule has 8 heteroatoms. The molecule has 23 heavy (non-hydrogen) atoms. The molecule has 0 aliphatic heterocycles. The molecule has 0 spiro atoms. The number of hydrogen-bond donors (Lipinski definition) is 1. The van der Waals surface area contributed by atoms with Crippen LogP contribution in [0.15, 0.2) is 42.5 Å². The van der Waals surface area contributed by atoms with E-state index in [0.29, 0.717) is 16.8 Å². The largest absolute Gasteiger partial charge is 0.465 e. The Morgan fingerprint density at radius 1 is 1.09 bits per heavy atom. The quantitative estimate of drug-likeness (QED) is 0.810. The van der Waals surface area contributed by atoms with Crippen LogP contribution in [-0.2, 0) is 20.5 Å². The summed E-state index contributed by atoms with van der Waals surface area (Å²) in [4.78, 5) is 11.3. The lowest BCUT2D eigenvalue weighted by atomic mass is 10.2. The standard InChI is InChI=1S/C15H13Cl2NO4S/c1-22-15(19)10-5-7-11(8-6-10)18-23(20,21)9-12-13(16)3-2-4-14(12)17/h2-8,18H,9H2,1H3. The maximum absolute atomic E-state index is 12.2. The van der Waals surface area contributed by atoms with Crippen molar-refractivity contribution in [3.63, 3.8) is 0 Å². The summed E-state index contributed by atoms with van der Waals surface area (Å²) in [5, 5.41) is 0.563. The number of sulfonamides is 1. The maximum Gasteiger partial charge on any atom is 0.337 e. The third-order valence-corrected chi connectivity index (χ3v) is 4.90. The Bertz CT molecular complexity index is 800. The predicted octanol–water partition coefficient (Wildman–Crippen LogP) is 3.72. The first kappa shape index (κ1) is 17.6. The van der Waals surface area contributed by atoms with Gasteiger partial charge in [-0.1, -0.05) is 29.3 Å². The van der Waals surface area contributed by atoms with Gasteiger partial charge in [-0.15, -0.1) is 0 Å². The Balaban J connectivity index is 2.17. The monoisotopic (exact) mass is 373 g/mol. The molecule has 0 radical (unpaired) electrons. The second-order valence-electron chi connectivity index (χ2n) is 4.63. The van der Waals surface area contributed by atoms with Gasteiger partial charge in [0.1, 0.15) is 0 Å². The van der Waals surface area contributed by atoms with Gasteiger partial charge in [-0.3, -0.25) is 4.72 Å². The lowest BCUT2D eigenvalue weighted by Gasteiger charge is -2.10. The van der Waals surface area contributed by atoms with Crippen molar-refractivity contribution < 1.29 is 17.9 Å². The molecule has 2 rings (SSSR count). The van der Waals surface area contributed by atoms with E-state index in [-0.39, 0.29) is 15.8 Å². The van der Waals surface area contributed by atoms with Crippen LogP contribution in [-0.4, -0.2) is 21.5 Å². The van der Waals surface area contributed by atoms with Crippen LogP contribution in [0.3, 0.4) is 0 Å². The minimum absolute atomic E-state index is 0.281. The van der Waals surface area contributed by atoms with Crippen LogP contribution in [0.25, 0.3) is 0 Å². The first-order valence-electron chi connectivity index (χ1n) is 6.44. The molecule has 0 aliphatic rings. The zero-order valence-corrected chi connectivity index (χ0v) is 14.4. The maximum atomic E-state index is 12.2. The minimum Gasteiger partial charge on any atom is -0.465 e. The molecular weight excluding hydrogens is 361 g/mol. The van der Waals surface area contributed by atoms with E-state index < -0.39 is 16.0 Å². The van der Waals surface area contributed by atoms with E-state index in [1.54, 1.807) is 18.2 Å². The van der Waals surface area contributed by atoms with Gasteiger partial charge in [0, 0.05) is 21.3 Å². The Hall–Kier alpha value is -1.76. The lowest BCUT2D eigenvalue weighted by molar-refractivity contribution is 0.0601. The van der Waals surface area contributed by atoms with Gasteiger partial charge < -0.3 is 4.74 Å². The molecule has 1 N–H and O–H groups in total. The molecule has 0 aliphatic carbocycles. The van der Waals surface area contributed by atoms with E-state index >= 15 is 0 Å². The summed E-state index contributed by atoms with van der Waals surface area (Å²) in [6, 6.07) is 10.7. The highest BCUT2D eigenvalue weighted by Crippen LogP contribution is 2.26. The molecule has 0 fully saturated rings. The molecule has 0 heterocycles. The van der Waals surface area contributed by atoms with Crippen LogP contribution in [0.4, 0.5) is 5.69 Å². The molecule has 0 aromatic heterocycles. The normalized spacial score (nSPS) is 11.1. The molecule has 5 nitrogen and oxygen atoms in total. The predicted molar refractivity (Wildman–Crippen MR) is 90.5 cm³/mol. The zero-order chi connectivity index (χ0) is 17.0. The van der Waals surface area contributed by atoms with Gasteiger partial charge in [0.2, 0.25) is 10.0 Å². The highest BCUT2D eigenvalue weighted by atomic mass is 35.5. The number of esters is 1. The summed E-state index contributed by atoms with van der Waals surface area (Å²) in [6.07, 6.45) is 0. The van der Waals surface area contributed by atoms with E-state index in [1.807, 2.05) is 0 Å². The number of hydrogen-bond acceptors (Lipinski definition) is 4. The fourth-order valence-electron chi connectivity index (χ4n) is 1.87. The number of benzene rings is 2. The van der Waals surface area contributed by atoms with Gasteiger partial charge in [0.05, 0.1) is 18.4 Å². The Kier molecular flexibility index (Phi) is 5.51. The topological polar surface area (TPSA) is 72.5 Å². The van der Waals surface area contributed by atoms with Crippen LogP contribution >= 0.6 is 23.2 Å². The molecular formula is C15H13Cl2NO4S. The number of halogens is 2. The van der Waals surface area contributed by atoms with Crippen molar-refractivity contribution in [1.29, 1.82) is 0 Å². The van der Waals surface area contributed by atoms with E-state index in [4.69, 9.17) is 23.2 Å². The second kappa shape index (κ2) is 7.21. The summed E-state index contributed by atoms with van der Waals surface area (Å²) < 4.78 is 31.4. The number of ether oxygens (including phenoxy) is 1. The van der Waals surface area contributed by atoms with E-state index in [0.717, 1.165) is 0 Å². The average molecular weight is 374 g/mol. The van der Waals surface area contributed by atoms with Gasteiger partial charge in [-0.25, -0.2) is 13.2 Å². The highest BCUT2D eigenvalue weighted by molar-refractivity contribution is 7.91. The lowest BCUT2D eigenvalue weighted by Crippen LogP contribution is -2.15. The molecule has 122 valence electrons. The first-order valence-corrected chi connectivity index (χ1v) is 8.85. The highest BCUT2D eigenvalue weighted by Gasteiger charge is 2.17. The molecule has 0 amide bonds. The number of carbonyl (C=O) groups excluding carboxylic acids is 1. The number of rotatable bonds is 5. The van der Waals surface area contributed by atoms with Crippen LogP contribution in [0.1, 0.15) is 15.9 Å². The van der Waals surface area contributed by atoms with Crippen LogP contribution in [0.5, 0.6) is 0 Å². The van der Waals surface area contributed by atoms with Gasteiger partial charge in [-0.2, -0.15) is 0 Å². The summed E-state index contributed by atoms with van der Waals surface area (Å²) in [5.41, 5.74) is 0.972. The third-order valence-electron chi connectivity index (χ3n) is 2.98.